The maximum absolute atomic E-state index is 10.4. The van der Waals surface area contributed by atoms with Crippen LogP contribution in [0.1, 0.15) is 19.3 Å². The van der Waals surface area contributed by atoms with Gasteiger partial charge in [0.05, 0.1) is 6.61 Å². The average Bonchev–Trinajstić information content (AvgIpc) is 2.34. The van der Waals surface area contributed by atoms with E-state index in [2.05, 4.69) is 4.90 Å². The zero-order valence-corrected chi connectivity index (χ0v) is 11.9. The fourth-order valence-corrected chi connectivity index (χ4v) is 1.87. The van der Waals surface area contributed by atoms with E-state index in [0.29, 0.717) is 18.1 Å². The van der Waals surface area contributed by atoms with Gasteiger partial charge in [-0.25, -0.2) is 0 Å². The molecule has 0 unspecified atom stereocenters. The summed E-state index contributed by atoms with van der Waals surface area (Å²) >= 11 is 5.85. The molecule has 0 radical (unpaired) electrons. The van der Waals surface area contributed by atoms with E-state index < -0.39 is 5.97 Å². The van der Waals surface area contributed by atoms with E-state index in [4.69, 9.17) is 21.4 Å². The number of carboxylic acids is 1. The number of rotatable bonds is 9. The minimum Gasteiger partial charge on any atom is -0.493 e. The molecule has 0 heterocycles. The van der Waals surface area contributed by atoms with Gasteiger partial charge >= 0.3 is 5.97 Å². The van der Waals surface area contributed by atoms with E-state index in [-0.39, 0.29) is 6.42 Å². The maximum atomic E-state index is 10.4. The van der Waals surface area contributed by atoms with Crippen molar-refractivity contribution in [1.29, 1.82) is 0 Å². The summed E-state index contributed by atoms with van der Waals surface area (Å²) in [6, 6.07) is 7.33. The number of halogens is 1. The van der Waals surface area contributed by atoms with Gasteiger partial charge in [0.2, 0.25) is 0 Å². The second kappa shape index (κ2) is 8.77. The van der Waals surface area contributed by atoms with Gasteiger partial charge < -0.3 is 14.7 Å². The quantitative estimate of drug-likeness (QED) is 0.709. The van der Waals surface area contributed by atoms with Crippen molar-refractivity contribution in [3.05, 3.63) is 29.3 Å². The lowest BCUT2D eigenvalue weighted by Gasteiger charge is -2.16. The smallest absolute Gasteiger partial charge is 0.303 e. The first-order chi connectivity index (χ1) is 9.08. The van der Waals surface area contributed by atoms with E-state index in [1.54, 1.807) is 6.07 Å². The molecule has 0 saturated carbocycles. The minimum absolute atomic E-state index is 0.226. The molecule has 0 bridgehead atoms. The molecule has 0 aliphatic carbocycles. The molecule has 5 heteroatoms. The Labute approximate surface area is 118 Å². The summed E-state index contributed by atoms with van der Waals surface area (Å²) in [6.07, 6.45) is 1.81. The van der Waals surface area contributed by atoms with Crippen LogP contribution in [0, 0.1) is 0 Å². The van der Waals surface area contributed by atoms with Crippen LogP contribution < -0.4 is 4.74 Å². The predicted molar refractivity (Wildman–Crippen MR) is 75.9 cm³/mol. The molecule has 0 atom stereocenters. The molecular formula is C14H20ClNO3. The Kier molecular flexibility index (Phi) is 7.30. The summed E-state index contributed by atoms with van der Waals surface area (Å²) in [7, 11) is 1.99. The van der Waals surface area contributed by atoms with Crippen LogP contribution in [0.25, 0.3) is 0 Å². The third-order valence-electron chi connectivity index (χ3n) is 2.68. The van der Waals surface area contributed by atoms with Crippen LogP contribution in [-0.2, 0) is 4.79 Å². The SMILES string of the molecule is CN(CCCOc1cccc(Cl)c1)CCCC(=O)O. The highest BCUT2D eigenvalue weighted by Crippen LogP contribution is 2.17. The second-order valence-electron chi connectivity index (χ2n) is 4.46. The Morgan fingerprint density at radius 3 is 2.79 bits per heavy atom. The molecule has 0 saturated heterocycles. The number of nitrogens with zero attached hydrogens (tertiary/aromatic N) is 1. The van der Waals surface area contributed by atoms with Crippen molar-refractivity contribution < 1.29 is 14.6 Å². The van der Waals surface area contributed by atoms with Crippen molar-refractivity contribution in [3.63, 3.8) is 0 Å². The molecule has 0 amide bonds. The summed E-state index contributed by atoms with van der Waals surface area (Å²) in [5.74, 6) is 0.0405. The van der Waals surface area contributed by atoms with Crippen molar-refractivity contribution in [2.24, 2.45) is 0 Å². The highest BCUT2D eigenvalue weighted by atomic mass is 35.5. The van der Waals surface area contributed by atoms with Gasteiger partial charge in [-0.15, -0.1) is 0 Å². The van der Waals surface area contributed by atoms with E-state index >= 15 is 0 Å². The first kappa shape index (κ1) is 15.8. The summed E-state index contributed by atoms with van der Waals surface area (Å²) < 4.78 is 5.57. The largest absolute Gasteiger partial charge is 0.493 e. The zero-order valence-electron chi connectivity index (χ0n) is 11.1. The Bertz CT molecular complexity index is 398. The van der Waals surface area contributed by atoms with Crippen LogP contribution >= 0.6 is 11.6 Å². The van der Waals surface area contributed by atoms with Crippen molar-refractivity contribution in [1.82, 2.24) is 4.90 Å². The standard InChI is InChI=1S/C14H20ClNO3/c1-16(8-3-7-14(17)18)9-4-10-19-13-6-2-5-12(15)11-13/h2,5-6,11H,3-4,7-10H2,1H3,(H,17,18). The summed E-state index contributed by atoms with van der Waals surface area (Å²) in [5.41, 5.74) is 0. The molecular weight excluding hydrogens is 266 g/mol. The van der Waals surface area contributed by atoms with Gasteiger partial charge in [0.1, 0.15) is 5.75 Å². The average molecular weight is 286 g/mol. The number of aliphatic carboxylic acids is 1. The first-order valence-electron chi connectivity index (χ1n) is 6.36. The third kappa shape index (κ3) is 7.70. The van der Waals surface area contributed by atoms with Crippen LogP contribution in [0.5, 0.6) is 5.75 Å². The number of benzene rings is 1. The highest BCUT2D eigenvalue weighted by Gasteiger charge is 2.01. The highest BCUT2D eigenvalue weighted by molar-refractivity contribution is 6.30. The third-order valence-corrected chi connectivity index (χ3v) is 2.91. The number of hydrogen-bond acceptors (Lipinski definition) is 3. The number of carbonyl (C=O) groups is 1. The van der Waals surface area contributed by atoms with Crippen molar-refractivity contribution >= 4 is 17.6 Å². The minimum atomic E-state index is -0.738. The van der Waals surface area contributed by atoms with Gasteiger partial charge in [-0.05, 0) is 44.6 Å². The lowest BCUT2D eigenvalue weighted by molar-refractivity contribution is -0.137. The fourth-order valence-electron chi connectivity index (χ4n) is 1.69. The molecule has 4 nitrogen and oxygen atoms in total. The fraction of sp³-hybridized carbons (Fsp3) is 0.500. The van der Waals surface area contributed by atoms with Crippen LogP contribution in [-0.4, -0.2) is 42.7 Å². The Balaban J connectivity index is 2.08. The van der Waals surface area contributed by atoms with Crippen LogP contribution in [0.15, 0.2) is 24.3 Å². The van der Waals surface area contributed by atoms with E-state index in [1.165, 1.54) is 0 Å². The Morgan fingerprint density at radius 2 is 2.11 bits per heavy atom. The molecule has 1 N–H and O–H groups in total. The summed E-state index contributed by atoms with van der Waals surface area (Å²) in [4.78, 5) is 12.5. The van der Waals surface area contributed by atoms with Gasteiger partial charge in [-0.3, -0.25) is 4.79 Å². The van der Waals surface area contributed by atoms with Gasteiger partial charge in [-0.2, -0.15) is 0 Å². The molecule has 0 spiro atoms. The Morgan fingerprint density at radius 1 is 1.37 bits per heavy atom. The molecule has 1 rings (SSSR count). The predicted octanol–water partition coefficient (Wildman–Crippen LogP) is 2.91. The normalized spacial score (nSPS) is 10.7. The number of hydrogen-bond donors (Lipinski definition) is 1. The Hall–Kier alpha value is -1.26. The van der Waals surface area contributed by atoms with E-state index in [9.17, 15) is 4.79 Å². The van der Waals surface area contributed by atoms with E-state index in [0.717, 1.165) is 25.3 Å². The van der Waals surface area contributed by atoms with Crippen molar-refractivity contribution in [2.45, 2.75) is 19.3 Å². The molecule has 0 aliphatic rings. The first-order valence-corrected chi connectivity index (χ1v) is 6.74. The second-order valence-corrected chi connectivity index (χ2v) is 4.90. The number of ether oxygens (including phenoxy) is 1. The molecule has 1 aromatic rings. The molecule has 19 heavy (non-hydrogen) atoms. The molecule has 0 aliphatic heterocycles. The lowest BCUT2D eigenvalue weighted by atomic mass is 10.3. The monoisotopic (exact) mass is 285 g/mol. The zero-order chi connectivity index (χ0) is 14.1. The molecule has 106 valence electrons. The van der Waals surface area contributed by atoms with E-state index in [1.807, 2.05) is 25.2 Å². The summed E-state index contributed by atoms with van der Waals surface area (Å²) in [5, 5.41) is 9.21. The van der Waals surface area contributed by atoms with Crippen molar-refractivity contribution in [3.8, 4) is 5.75 Å². The lowest BCUT2D eigenvalue weighted by Crippen LogP contribution is -2.23. The number of carboxylic acid groups (broad SMARTS) is 1. The van der Waals surface area contributed by atoms with Crippen LogP contribution in [0.3, 0.4) is 0 Å². The summed E-state index contributed by atoms with van der Waals surface area (Å²) in [6.45, 7) is 2.31. The molecule has 0 fully saturated rings. The van der Waals surface area contributed by atoms with Crippen LogP contribution in [0.4, 0.5) is 0 Å². The van der Waals surface area contributed by atoms with Gasteiger partial charge in [0.25, 0.3) is 0 Å². The van der Waals surface area contributed by atoms with Crippen molar-refractivity contribution in [2.75, 3.05) is 26.7 Å². The molecule has 1 aromatic carbocycles. The van der Waals surface area contributed by atoms with Gasteiger partial charge in [-0.1, -0.05) is 17.7 Å². The maximum Gasteiger partial charge on any atom is 0.303 e. The van der Waals surface area contributed by atoms with Gasteiger partial charge in [0, 0.05) is 18.0 Å². The topological polar surface area (TPSA) is 49.8 Å². The van der Waals surface area contributed by atoms with Crippen LogP contribution in [0.2, 0.25) is 5.02 Å². The molecule has 0 aromatic heterocycles. The van der Waals surface area contributed by atoms with Gasteiger partial charge in [0.15, 0.2) is 0 Å².